The van der Waals surface area contributed by atoms with Gasteiger partial charge in [0.1, 0.15) is 0 Å². The Balaban J connectivity index is 1.30. The van der Waals surface area contributed by atoms with Crippen molar-refractivity contribution in [2.24, 2.45) is 0 Å². The number of para-hydroxylation sites is 4. The molecule has 0 bridgehead atoms. The third-order valence-corrected chi connectivity index (χ3v) is 10.5. The van der Waals surface area contributed by atoms with Crippen molar-refractivity contribution in [1.82, 2.24) is 14.1 Å². The van der Waals surface area contributed by atoms with Gasteiger partial charge >= 0.3 is 0 Å². The van der Waals surface area contributed by atoms with Crippen LogP contribution < -0.4 is 0 Å². The van der Waals surface area contributed by atoms with Gasteiger partial charge in [-0.15, -0.1) is 0 Å². The predicted molar refractivity (Wildman–Crippen MR) is 210 cm³/mol. The summed E-state index contributed by atoms with van der Waals surface area (Å²) in [5, 5.41) is 4.96. The number of hydrogen-bond acceptors (Lipinski definition) is 1. The van der Waals surface area contributed by atoms with Gasteiger partial charge in [-0.25, -0.2) is 0 Å². The molecule has 3 heteroatoms. The van der Waals surface area contributed by atoms with Crippen molar-refractivity contribution in [2.45, 2.75) is 25.7 Å². The number of aromatic nitrogens is 3. The van der Waals surface area contributed by atoms with Crippen LogP contribution in [-0.2, 0) is 0 Å². The van der Waals surface area contributed by atoms with E-state index in [1.807, 2.05) is 0 Å². The highest BCUT2D eigenvalue weighted by Gasteiger charge is 2.21. The molecule has 0 spiro atoms. The van der Waals surface area contributed by atoms with Gasteiger partial charge in [0.2, 0.25) is 0 Å². The number of benzene rings is 6. The molecule has 0 saturated carbocycles. The lowest BCUT2D eigenvalue weighted by atomic mass is 9.89. The minimum atomic E-state index is 0.969. The van der Waals surface area contributed by atoms with E-state index < -0.39 is 0 Å². The molecule has 0 saturated heterocycles. The van der Waals surface area contributed by atoms with E-state index in [9.17, 15) is 0 Å². The first-order valence-electron chi connectivity index (χ1n) is 17.7. The molecule has 238 valence electrons. The molecule has 0 atom stereocenters. The highest BCUT2D eigenvalue weighted by molar-refractivity contribution is 6.11. The first-order chi connectivity index (χ1) is 24.8. The molecular weight excluding hydrogens is 607 g/mol. The van der Waals surface area contributed by atoms with E-state index in [0.29, 0.717) is 0 Å². The number of hydrogen-bond donors (Lipinski definition) is 0. The van der Waals surface area contributed by atoms with Gasteiger partial charge in [0, 0.05) is 27.1 Å². The third-order valence-electron chi connectivity index (χ3n) is 10.5. The topological polar surface area (TPSA) is 22.8 Å². The third kappa shape index (κ3) is 4.62. The minimum absolute atomic E-state index is 0.969. The molecule has 6 aromatic carbocycles. The van der Waals surface area contributed by atoms with Crippen LogP contribution >= 0.6 is 0 Å². The first kappa shape index (κ1) is 28.8. The quantitative estimate of drug-likeness (QED) is 0.183. The summed E-state index contributed by atoms with van der Waals surface area (Å²) < 4.78 is 4.80. The Morgan fingerprint density at radius 3 is 1.54 bits per heavy atom. The van der Waals surface area contributed by atoms with Crippen LogP contribution in [0.3, 0.4) is 0 Å². The Kier molecular flexibility index (Phi) is 6.76. The highest BCUT2D eigenvalue weighted by Crippen LogP contribution is 2.40. The second kappa shape index (κ2) is 11.7. The van der Waals surface area contributed by atoms with Crippen LogP contribution in [0.15, 0.2) is 164 Å². The van der Waals surface area contributed by atoms with Crippen LogP contribution in [0.5, 0.6) is 0 Å². The predicted octanol–water partition coefficient (Wildman–Crippen LogP) is 12.6. The zero-order valence-corrected chi connectivity index (χ0v) is 27.8. The molecule has 0 radical (unpaired) electrons. The van der Waals surface area contributed by atoms with Crippen LogP contribution in [-0.4, -0.2) is 14.1 Å². The number of fused-ring (bicyclic) bond motifs is 6. The Morgan fingerprint density at radius 2 is 0.960 bits per heavy atom. The number of rotatable bonds is 5. The van der Waals surface area contributed by atoms with Gasteiger partial charge in [0.25, 0.3) is 0 Å². The lowest BCUT2D eigenvalue weighted by Gasteiger charge is -2.19. The molecule has 0 amide bonds. The summed E-state index contributed by atoms with van der Waals surface area (Å²) in [5.74, 6) is 0. The maximum absolute atomic E-state index is 5.45. The van der Waals surface area contributed by atoms with Gasteiger partial charge < -0.3 is 9.13 Å². The molecule has 9 aromatic rings. The minimum Gasteiger partial charge on any atom is -0.308 e. The molecule has 0 fully saturated rings. The van der Waals surface area contributed by atoms with E-state index >= 15 is 0 Å². The van der Waals surface area contributed by atoms with Crippen molar-refractivity contribution in [3.05, 3.63) is 169 Å². The Morgan fingerprint density at radius 1 is 0.440 bits per heavy atom. The molecule has 1 aliphatic rings. The van der Waals surface area contributed by atoms with Crippen LogP contribution in [0, 0.1) is 0 Å². The Hall–Kier alpha value is -6.19. The molecule has 10 rings (SSSR count). The average Bonchev–Trinajstić information content (AvgIpc) is 3.71. The summed E-state index contributed by atoms with van der Waals surface area (Å²) in [6, 6.07) is 55.1. The second-order valence-electron chi connectivity index (χ2n) is 13.4. The molecule has 3 nitrogen and oxygen atoms in total. The highest BCUT2D eigenvalue weighted by atomic mass is 15.0. The fourth-order valence-corrected chi connectivity index (χ4v) is 8.19. The second-order valence-corrected chi connectivity index (χ2v) is 13.4. The molecule has 0 N–H and O–H groups in total. The van der Waals surface area contributed by atoms with Crippen LogP contribution in [0.2, 0.25) is 0 Å². The van der Waals surface area contributed by atoms with E-state index in [1.165, 1.54) is 78.7 Å². The van der Waals surface area contributed by atoms with Gasteiger partial charge in [0.15, 0.2) is 0 Å². The number of pyridine rings is 1. The van der Waals surface area contributed by atoms with Gasteiger partial charge in [0.05, 0.1) is 45.3 Å². The molecule has 50 heavy (non-hydrogen) atoms. The van der Waals surface area contributed by atoms with Gasteiger partial charge in [-0.2, -0.15) is 0 Å². The monoisotopic (exact) mass is 641 g/mol. The normalized spacial score (nSPS) is 13.4. The van der Waals surface area contributed by atoms with Crippen LogP contribution in [0.25, 0.3) is 82.9 Å². The Labute approximate surface area is 291 Å². The molecule has 3 heterocycles. The van der Waals surface area contributed by atoms with Crippen molar-refractivity contribution in [3.8, 4) is 33.8 Å². The molecule has 3 aromatic heterocycles. The molecule has 0 unspecified atom stereocenters. The summed E-state index contributed by atoms with van der Waals surface area (Å²) in [5.41, 5.74) is 14.1. The maximum atomic E-state index is 5.45. The lowest BCUT2D eigenvalue weighted by Crippen LogP contribution is -2.04. The van der Waals surface area contributed by atoms with E-state index in [4.69, 9.17) is 4.98 Å². The zero-order valence-electron chi connectivity index (χ0n) is 27.8. The largest absolute Gasteiger partial charge is 0.308 e. The summed E-state index contributed by atoms with van der Waals surface area (Å²) in [6.45, 7) is 0. The zero-order chi connectivity index (χ0) is 33.0. The van der Waals surface area contributed by atoms with Gasteiger partial charge in [-0.1, -0.05) is 109 Å². The standard InChI is InChI=1S/C47H35N3/c1-3-15-32(16-4-1)34-27-35(33-17-5-2-6-18-33)29-36(28-34)47-46(50-44-25-13-9-21-40(44)41-22-10-14-26-45(41)50)30-37(31-48-47)49-42-23-11-7-19-38(42)39-20-8-12-24-43(39)49/h1,3-4,7-17,19-31H,2,5-6,18H2. The van der Waals surface area contributed by atoms with Crippen molar-refractivity contribution in [3.63, 3.8) is 0 Å². The lowest BCUT2D eigenvalue weighted by molar-refractivity contribution is 0.742. The summed E-state index contributed by atoms with van der Waals surface area (Å²) in [7, 11) is 0. The van der Waals surface area contributed by atoms with E-state index in [1.54, 1.807) is 0 Å². The summed E-state index contributed by atoms with van der Waals surface area (Å²) >= 11 is 0. The molecular formula is C47H35N3. The van der Waals surface area contributed by atoms with Crippen molar-refractivity contribution >= 4 is 49.2 Å². The number of allylic oxidation sites excluding steroid dienone is 2. The SMILES string of the molecule is C1=C(c2cc(-c3ccccc3)cc(-c3ncc(-n4c5ccccc5c5ccccc54)cc3-n3c4ccccc4c4ccccc43)c2)CCCC1. The average molecular weight is 642 g/mol. The smallest absolute Gasteiger partial charge is 0.0944 e. The Bertz CT molecular complexity index is 2650. The first-order valence-corrected chi connectivity index (χ1v) is 17.7. The van der Waals surface area contributed by atoms with Crippen molar-refractivity contribution < 1.29 is 0 Å². The van der Waals surface area contributed by atoms with E-state index in [0.717, 1.165) is 35.5 Å². The van der Waals surface area contributed by atoms with Crippen LogP contribution in [0.1, 0.15) is 31.2 Å². The number of nitrogens with zero attached hydrogens (tertiary/aromatic N) is 3. The van der Waals surface area contributed by atoms with Crippen LogP contribution in [0.4, 0.5) is 0 Å². The fraction of sp³-hybridized carbons (Fsp3) is 0.0851. The molecule has 0 aliphatic heterocycles. The maximum Gasteiger partial charge on any atom is 0.0944 e. The van der Waals surface area contributed by atoms with Gasteiger partial charge in [-0.3, -0.25) is 4.98 Å². The van der Waals surface area contributed by atoms with E-state index in [2.05, 4.69) is 173 Å². The fourth-order valence-electron chi connectivity index (χ4n) is 8.19. The molecule has 1 aliphatic carbocycles. The summed E-state index contributed by atoms with van der Waals surface area (Å²) in [4.78, 5) is 5.45. The van der Waals surface area contributed by atoms with Crippen molar-refractivity contribution in [1.29, 1.82) is 0 Å². The van der Waals surface area contributed by atoms with Crippen molar-refractivity contribution in [2.75, 3.05) is 0 Å². The van der Waals surface area contributed by atoms with Gasteiger partial charge in [-0.05, 0) is 96.5 Å². The van der Waals surface area contributed by atoms with E-state index in [-0.39, 0.29) is 0 Å². The summed E-state index contributed by atoms with van der Waals surface area (Å²) in [6.07, 6.45) is 9.26.